The van der Waals surface area contributed by atoms with E-state index in [0.29, 0.717) is 0 Å². The first-order valence-corrected chi connectivity index (χ1v) is 9.67. The molecule has 0 bridgehead atoms. The Hall–Kier alpha value is -0.861. The lowest BCUT2D eigenvalue weighted by atomic mass is 9.55. The highest BCUT2D eigenvalue weighted by Gasteiger charge is 2.52. The van der Waals surface area contributed by atoms with Crippen molar-refractivity contribution in [1.82, 2.24) is 0 Å². The topological polar surface area (TPSA) is 18.5 Å². The zero-order valence-corrected chi connectivity index (χ0v) is 18.4. The standard InChI is InChI=1S/C16H26B8O2/c1-15(2)16(3,4)26-24(25-15)14-10(20)6-5(9(19)13(14)23)7(17)11(21)12(22)8(6)18/h17-23H2,1-4H3. The predicted molar refractivity (Wildman–Crippen MR) is 137 cm³/mol. The summed E-state index contributed by atoms with van der Waals surface area (Å²) < 4.78 is 12.8. The number of benzene rings is 2. The van der Waals surface area contributed by atoms with E-state index in [1.54, 1.807) is 0 Å². The first-order valence-electron chi connectivity index (χ1n) is 9.67. The number of hydrogen-bond acceptors (Lipinski definition) is 2. The Balaban J connectivity index is 2.37. The van der Waals surface area contributed by atoms with Gasteiger partial charge in [0, 0.05) is 0 Å². The summed E-state index contributed by atoms with van der Waals surface area (Å²) in [5.41, 5.74) is 10.1. The average molecular weight is 337 g/mol. The normalized spacial score (nSPS) is 18.5. The Labute approximate surface area is 164 Å². The Bertz CT molecular complexity index is 922. The van der Waals surface area contributed by atoms with Gasteiger partial charge in [-0.05, 0) is 43.9 Å². The van der Waals surface area contributed by atoms with E-state index in [2.05, 4.69) is 82.6 Å². The second-order valence-corrected chi connectivity index (χ2v) is 9.13. The fourth-order valence-electron chi connectivity index (χ4n) is 4.37. The molecule has 0 N–H and O–H groups in total. The van der Waals surface area contributed by atoms with Gasteiger partial charge in [0.05, 0.1) is 11.2 Å². The average Bonchev–Trinajstić information content (AvgIpc) is 2.74. The molecule has 0 saturated carbocycles. The lowest BCUT2D eigenvalue weighted by molar-refractivity contribution is 0.00578. The largest absolute Gasteiger partial charge is 0.493 e. The van der Waals surface area contributed by atoms with E-state index >= 15 is 0 Å². The molecule has 0 unspecified atom stereocenters. The molecule has 0 spiro atoms. The summed E-state index contributed by atoms with van der Waals surface area (Å²) >= 11 is 0. The van der Waals surface area contributed by atoms with Crippen molar-refractivity contribution < 1.29 is 9.31 Å². The van der Waals surface area contributed by atoms with Gasteiger partial charge in [-0.1, -0.05) is 27.3 Å². The maximum absolute atomic E-state index is 6.42. The molecule has 0 radical (unpaired) electrons. The predicted octanol–water partition coefficient (Wildman–Crippen LogP) is -9.05. The molecule has 0 aliphatic carbocycles. The highest BCUT2D eigenvalue weighted by atomic mass is 16.7. The van der Waals surface area contributed by atoms with E-state index in [1.807, 2.05) is 0 Å². The van der Waals surface area contributed by atoms with Crippen molar-refractivity contribution in [2.45, 2.75) is 38.9 Å². The van der Waals surface area contributed by atoms with Gasteiger partial charge in [-0.3, -0.25) is 0 Å². The first kappa shape index (κ1) is 19.9. The Morgan fingerprint density at radius 1 is 0.538 bits per heavy atom. The van der Waals surface area contributed by atoms with Crippen LogP contribution in [0.1, 0.15) is 27.7 Å². The second-order valence-electron chi connectivity index (χ2n) is 9.13. The summed E-state index contributed by atoms with van der Waals surface area (Å²) in [7, 11) is 15.4. The van der Waals surface area contributed by atoms with Crippen LogP contribution in [0.25, 0.3) is 10.8 Å². The molecule has 1 aliphatic rings. The van der Waals surface area contributed by atoms with Crippen molar-refractivity contribution in [1.29, 1.82) is 0 Å². The van der Waals surface area contributed by atoms with Gasteiger partial charge in [-0.15, -0.1) is 10.9 Å². The third-order valence-electron chi connectivity index (χ3n) is 7.30. The molecule has 1 fully saturated rings. The van der Waals surface area contributed by atoms with E-state index in [4.69, 9.17) is 9.31 Å². The molecule has 26 heavy (non-hydrogen) atoms. The summed E-state index contributed by atoms with van der Waals surface area (Å²) in [6.07, 6.45) is 0. The fourth-order valence-corrected chi connectivity index (χ4v) is 4.37. The van der Waals surface area contributed by atoms with Crippen LogP contribution < -0.4 is 43.7 Å². The third-order valence-corrected chi connectivity index (χ3v) is 7.30. The zero-order chi connectivity index (χ0) is 19.8. The molecule has 1 heterocycles. The molecule has 10 heteroatoms. The minimum atomic E-state index is -0.326. The summed E-state index contributed by atoms with van der Waals surface area (Å²) in [6, 6.07) is 0. The third kappa shape index (κ3) is 2.59. The summed E-state index contributed by atoms with van der Waals surface area (Å²) in [5, 5.41) is 2.78. The summed E-state index contributed by atoms with van der Waals surface area (Å²) in [5.74, 6) is 0. The fraction of sp³-hybridized carbons (Fsp3) is 0.375. The van der Waals surface area contributed by atoms with Gasteiger partial charge in [0.2, 0.25) is 0 Å². The van der Waals surface area contributed by atoms with Gasteiger partial charge in [-0.2, -0.15) is 0 Å². The first-order chi connectivity index (χ1) is 11.8. The Morgan fingerprint density at radius 2 is 0.885 bits per heavy atom. The lowest BCUT2D eigenvalue weighted by Crippen LogP contribution is -2.61. The van der Waals surface area contributed by atoms with Crippen molar-refractivity contribution in [2.24, 2.45) is 0 Å². The number of hydrogen-bond donors (Lipinski definition) is 0. The molecule has 1 saturated heterocycles. The number of fused-ring (bicyclic) bond motifs is 1. The van der Waals surface area contributed by atoms with E-state index in [0.717, 1.165) is 0 Å². The van der Waals surface area contributed by atoms with Crippen LogP contribution in [0.2, 0.25) is 0 Å². The second kappa shape index (κ2) is 6.07. The van der Waals surface area contributed by atoms with E-state index < -0.39 is 0 Å². The van der Waals surface area contributed by atoms with Crippen molar-refractivity contribution in [2.75, 3.05) is 0 Å². The molecular formula is C16H26B8O2. The van der Waals surface area contributed by atoms with Crippen molar-refractivity contribution in [3.05, 3.63) is 0 Å². The van der Waals surface area contributed by atoms with Gasteiger partial charge in [0.1, 0.15) is 54.9 Å². The highest BCUT2D eigenvalue weighted by Crippen LogP contribution is 2.36. The monoisotopic (exact) mass is 338 g/mol. The smallest absolute Gasteiger partial charge is 0.399 e. The maximum atomic E-state index is 6.42. The van der Waals surface area contributed by atoms with Crippen LogP contribution in [-0.4, -0.2) is 73.2 Å². The SMILES string of the molecule is Bc1c(B)c(B)c2c(B)c(B3OC(C)(C)C(C)(C)O3)c(B)c(B)c2c1B. The molecule has 0 atom stereocenters. The van der Waals surface area contributed by atoms with Crippen molar-refractivity contribution in [3.63, 3.8) is 0 Å². The highest BCUT2D eigenvalue weighted by molar-refractivity contribution is 6.79. The van der Waals surface area contributed by atoms with Crippen LogP contribution in [0.3, 0.4) is 0 Å². The lowest BCUT2D eigenvalue weighted by Gasteiger charge is -2.32. The minimum Gasteiger partial charge on any atom is -0.399 e. The molecule has 126 valence electrons. The van der Waals surface area contributed by atoms with Crippen molar-refractivity contribution >= 4 is 117 Å². The molecule has 3 rings (SSSR count). The molecule has 1 aliphatic heterocycles. The van der Waals surface area contributed by atoms with E-state index in [1.165, 1.54) is 54.5 Å². The van der Waals surface area contributed by atoms with E-state index in [9.17, 15) is 0 Å². The van der Waals surface area contributed by atoms with Crippen LogP contribution in [0.5, 0.6) is 0 Å². The van der Waals surface area contributed by atoms with Crippen LogP contribution in [0, 0.1) is 0 Å². The number of rotatable bonds is 1. The van der Waals surface area contributed by atoms with Crippen LogP contribution in [-0.2, 0) is 9.31 Å². The molecule has 2 aromatic carbocycles. The molecule has 2 nitrogen and oxygen atoms in total. The van der Waals surface area contributed by atoms with Gasteiger partial charge >= 0.3 is 7.12 Å². The van der Waals surface area contributed by atoms with Crippen LogP contribution in [0.4, 0.5) is 0 Å². The van der Waals surface area contributed by atoms with Gasteiger partial charge in [0.25, 0.3) is 0 Å². The van der Waals surface area contributed by atoms with E-state index in [-0.39, 0.29) is 18.3 Å². The van der Waals surface area contributed by atoms with Crippen molar-refractivity contribution in [3.8, 4) is 0 Å². The summed E-state index contributed by atoms with van der Waals surface area (Å²) in [4.78, 5) is 0. The molecule has 2 aromatic rings. The van der Waals surface area contributed by atoms with Crippen LogP contribution >= 0.6 is 0 Å². The Kier molecular flexibility index (Phi) is 4.64. The van der Waals surface area contributed by atoms with Crippen LogP contribution in [0.15, 0.2) is 0 Å². The maximum Gasteiger partial charge on any atom is 0.493 e. The zero-order valence-electron chi connectivity index (χ0n) is 18.4. The van der Waals surface area contributed by atoms with Gasteiger partial charge in [0.15, 0.2) is 0 Å². The minimum absolute atomic E-state index is 0.315. The molecular weight excluding hydrogens is 311 g/mol. The molecule has 0 amide bonds. The van der Waals surface area contributed by atoms with Gasteiger partial charge < -0.3 is 9.31 Å². The Morgan fingerprint density at radius 3 is 1.31 bits per heavy atom. The molecule has 0 aromatic heterocycles. The van der Waals surface area contributed by atoms with Gasteiger partial charge in [-0.25, -0.2) is 0 Å². The quantitative estimate of drug-likeness (QED) is 0.482. The summed E-state index contributed by atoms with van der Waals surface area (Å²) in [6.45, 7) is 8.48.